The summed E-state index contributed by atoms with van der Waals surface area (Å²) in [5.74, 6) is 0. The first-order valence-corrected chi connectivity index (χ1v) is 1.94. The van der Waals surface area contributed by atoms with Gasteiger partial charge in [-0.3, -0.25) is 0 Å². The van der Waals surface area contributed by atoms with Gasteiger partial charge in [-0.2, -0.15) is 0 Å². The molecule has 0 aromatic heterocycles. The molecule has 0 aromatic carbocycles. The van der Waals surface area contributed by atoms with Gasteiger partial charge in [0.15, 0.2) is 0 Å². The molecule has 4 heteroatoms. The third-order valence-electron chi connectivity index (χ3n) is 0.577. The van der Waals surface area contributed by atoms with Crippen LogP contribution < -0.4 is 30.1 Å². The van der Waals surface area contributed by atoms with Crippen LogP contribution in [-0.4, -0.2) is 36.1 Å². The molecule has 8 heavy (non-hydrogen) atoms. The van der Waals surface area contributed by atoms with Crippen LogP contribution in [0, 0.1) is 0 Å². The molecule has 0 saturated carbocycles. The average molecular weight is 168 g/mol. The van der Waals surface area contributed by atoms with E-state index in [1.54, 1.807) is 0 Å². The van der Waals surface area contributed by atoms with Crippen LogP contribution in [-0.2, 0) is 0 Å². The summed E-state index contributed by atoms with van der Waals surface area (Å²) in [5, 5.41) is 3.03. The summed E-state index contributed by atoms with van der Waals surface area (Å²) in [6, 6.07) is 0.634. The summed E-state index contributed by atoms with van der Waals surface area (Å²) in [6.45, 7) is 4.22. The molecule has 0 aromatic rings. The van der Waals surface area contributed by atoms with Gasteiger partial charge in [0.1, 0.15) is 0 Å². The molecule has 0 bridgehead atoms. The summed E-state index contributed by atoms with van der Waals surface area (Å²) in [7, 11) is 1.95. The molecule has 0 heterocycles. The third kappa shape index (κ3) is 26.6. The van der Waals surface area contributed by atoms with Gasteiger partial charge in [-0.25, -0.2) is 0 Å². The molecule has 0 aliphatic carbocycles. The van der Waals surface area contributed by atoms with Crippen molar-refractivity contribution in [3.63, 3.8) is 0 Å². The second-order valence-corrected chi connectivity index (χ2v) is 1.44. The van der Waals surface area contributed by atoms with E-state index in [-0.39, 0.29) is 47.9 Å². The van der Waals surface area contributed by atoms with E-state index in [9.17, 15) is 0 Å². The zero-order valence-corrected chi connectivity index (χ0v) is 8.47. The largest absolute Gasteiger partial charge is 2.00 e. The average Bonchev–Trinajstić information content (AvgIpc) is 1.38. The predicted molar refractivity (Wildman–Crippen MR) is 29.9 cm³/mol. The van der Waals surface area contributed by atoms with Crippen LogP contribution in [0.25, 0.3) is 0 Å². The maximum Gasteiger partial charge on any atom is 2.00 e. The fourth-order valence-corrected chi connectivity index (χ4v) is 0. The molecule has 48 valence electrons. The second-order valence-electron chi connectivity index (χ2n) is 1.44. The van der Waals surface area contributed by atoms with Gasteiger partial charge in [-0.15, -0.1) is 0 Å². The molecule has 0 aliphatic heterocycles. The Morgan fingerprint density at radius 3 is 1.25 bits per heavy atom. The van der Waals surface area contributed by atoms with Crippen molar-refractivity contribution in [2.24, 2.45) is 0 Å². The first kappa shape index (κ1) is 22.8. The van der Waals surface area contributed by atoms with E-state index in [4.69, 9.17) is 0 Å². The van der Waals surface area contributed by atoms with Crippen LogP contribution >= 0.6 is 0 Å². The molecular formula is C4H11Cl2MgN. The standard InChI is InChI=1S/C4H11N.2ClH.Mg/c1-4(2)5-3;;;/h4-5H,1-3H3;2*1H;/q;;;+2/p-2. The predicted octanol–water partition coefficient (Wildman–Crippen LogP) is -5.76. The minimum Gasteiger partial charge on any atom is -1.00 e. The van der Waals surface area contributed by atoms with E-state index in [2.05, 4.69) is 19.2 Å². The summed E-state index contributed by atoms with van der Waals surface area (Å²) < 4.78 is 0. The summed E-state index contributed by atoms with van der Waals surface area (Å²) in [6.07, 6.45) is 0. The molecule has 1 nitrogen and oxygen atoms in total. The Kier molecular flexibility index (Phi) is 44.9. The number of halogens is 2. The van der Waals surface area contributed by atoms with Gasteiger partial charge in [0.2, 0.25) is 0 Å². The van der Waals surface area contributed by atoms with Gasteiger partial charge in [0.25, 0.3) is 0 Å². The van der Waals surface area contributed by atoms with Crippen molar-refractivity contribution in [3.8, 4) is 0 Å². The van der Waals surface area contributed by atoms with Crippen LogP contribution in [0.15, 0.2) is 0 Å². The number of hydrogen-bond donors (Lipinski definition) is 1. The molecule has 0 aliphatic rings. The van der Waals surface area contributed by atoms with Crippen molar-refractivity contribution in [1.82, 2.24) is 5.32 Å². The maximum absolute atomic E-state index is 3.03. The molecule has 0 atom stereocenters. The first-order valence-electron chi connectivity index (χ1n) is 1.94. The molecule has 0 saturated heterocycles. The topological polar surface area (TPSA) is 12.0 Å². The van der Waals surface area contributed by atoms with E-state index < -0.39 is 0 Å². The van der Waals surface area contributed by atoms with E-state index in [1.165, 1.54) is 0 Å². The summed E-state index contributed by atoms with van der Waals surface area (Å²) >= 11 is 0. The van der Waals surface area contributed by atoms with Crippen molar-refractivity contribution < 1.29 is 24.8 Å². The Bertz CT molecular complexity index is 28.0. The molecular weight excluding hydrogens is 157 g/mol. The van der Waals surface area contributed by atoms with Gasteiger partial charge in [-0.05, 0) is 7.05 Å². The van der Waals surface area contributed by atoms with E-state index in [0.29, 0.717) is 6.04 Å². The van der Waals surface area contributed by atoms with Crippen LogP contribution in [0.4, 0.5) is 0 Å². The van der Waals surface area contributed by atoms with Crippen molar-refractivity contribution in [3.05, 3.63) is 0 Å². The van der Waals surface area contributed by atoms with Gasteiger partial charge in [0, 0.05) is 6.04 Å². The number of nitrogens with one attached hydrogen (secondary N) is 1. The Morgan fingerprint density at radius 2 is 1.25 bits per heavy atom. The quantitative estimate of drug-likeness (QED) is 0.385. The Morgan fingerprint density at radius 1 is 1.12 bits per heavy atom. The fraction of sp³-hybridized carbons (Fsp3) is 1.00. The SMILES string of the molecule is CNC(C)C.[Cl-].[Cl-].[Mg+2]. The minimum atomic E-state index is 0. The van der Waals surface area contributed by atoms with E-state index in [1.807, 2.05) is 7.05 Å². The maximum atomic E-state index is 3.03. The van der Waals surface area contributed by atoms with Crippen molar-refractivity contribution in [2.75, 3.05) is 7.05 Å². The molecule has 0 unspecified atom stereocenters. The van der Waals surface area contributed by atoms with E-state index >= 15 is 0 Å². The molecule has 0 spiro atoms. The first-order chi connectivity index (χ1) is 2.27. The van der Waals surface area contributed by atoms with Gasteiger partial charge >= 0.3 is 23.1 Å². The van der Waals surface area contributed by atoms with E-state index in [0.717, 1.165) is 0 Å². The Labute approximate surface area is 80.0 Å². The van der Waals surface area contributed by atoms with Crippen molar-refractivity contribution in [2.45, 2.75) is 19.9 Å². The Balaban J connectivity index is -0.0000000267. The molecule has 0 rings (SSSR count). The van der Waals surface area contributed by atoms with Crippen LogP contribution in [0.2, 0.25) is 0 Å². The zero-order chi connectivity index (χ0) is 4.28. The van der Waals surface area contributed by atoms with Gasteiger partial charge < -0.3 is 30.1 Å². The number of hydrogen-bond acceptors (Lipinski definition) is 1. The third-order valence-corrected chi connectivity index (χ3v) is 0.577. The zero-order valence-electron chi connectivity index (χ0n) is 5.54. The fourth-order valence-electron chi connectivity index (χ4n) is 0. The molecule has 1 N–H and O–H groups in total. The smallest absolute Gasteiger partial charge is 1.00 e. The van der Waals surface area contributed by atoms with Crippen LogP contribution in [0.1, 0.15) is 13.8 Å². The van der Waals surface area contributed by atoms with Gasteiger partial charge in [0.05, 0.1) is 0 Å². The second kappa shape index (κ2) is 15.7. The molecule has 0 fully saturated rings. The van der Waals surface area contributed by atoms with Gasteiger partial charge in [-0.1, -0.05) is 13.8 Å². The van der Waals surface area contributed by atoms with Crippen molar-refractivity contribution >= 4 is 23.1 Å². The molecule has 0 amide bonds. The monoisotopic (exact) mass is 167 g/mol. The summed E-state index contributed by atoms with van der Waals surface area (Å²) in [5.41, 5.74) is 0. The van der Waals surface area contributed by atoms with Crippen molar-refractivity contribution in [1.29, 1.82) is 0 Å². The Hall–Kier alpha value is 1.31. The normalized spacial score (nSPS) is 6.00. The summed E-state index contributed by atoms with van der Waals surface area (Å²) in [4.78, 5) is 0. The van der Waals surface area contributed by atoms with Crippen LogP contribution in [0.3, 0.4) is 0 Å². The molecule has 0 radical (unpaired) electrons. The minimum absolute atomic E-state index is 0. The number of rotatable bonds is 1. The van der Waals surface area contributed by atoms with Crippen LogP contribution in [0.5, 0.6) is 0 Å².